The summed E-state index contributed by atoms with van der Waals surface area (Å²) in [7, 11) is 0. The normalized spacial score (nSPS) is 29.6. The van der Waals surface area contributed by atoms with Gasteiger partial charge in [-0.2, -0.15) is 0 Å². The van der Waals surface area contributed by atoms with E-state index in [9.17, 15) is 14.4 Å². The Morgan fingerprint density at radius 3 is 2.40 bits per heavy atom. The number of para-hydroxylation sites is 1. The largest absolute Gasteiger partial charge is 0.324 e. The van der Waals surface area contributed by atoms with E-state index in [4.69, 9.17) is 0 Å². The van der Waals surface area contributed by atoms with Crippen molar-refractivity contribution in [3.8, 4) is 0 Å². The van der Waals surface area contributed by atoms with Crippen LogP contribution < -0.4 is 10.6 Å². The molecule has 6 heteroatoms. The van der Waals surface area contributed by atoms with Crippen LogP contribution in [0.1, 0.15) is 25.0 Å². The molecule has 3 aliphatic rings. The number of nitrogens with zero attached hydrogens (tertiary/aromatic N) is 1. The highest BCUT2D eigenvalue weighted by Crippen LogP contribution is 2.53. The zero-order valence-electron chi connectivity index (χ0n) is 17.1. The Hall–Kier alpha value is -2.99. The van der Waals surface area contributed by atoms with Crippen molar-refractivity contribution < 1.29 is 14.4 Å². The van der Waals surface area contributed by atoms with E-state index >= 15 is 0 Å². The maximum absolute atomic E-state index is 13.6. The van der Waals surface area contributed by atoms with E-state index in [1.807, 2.05) is 68.4 Å². The van der Waals surface area contributed by atoms with Gasteiger partial charge in [0.25, 0.3) is 0 Å². The second-order valence-electron chi connectivity index (χ2n) is 8.79. The summed E-state index contributed by atoms with van der Waals surface area (Å²) < 4.78 is 0. The lowest BCUT2D eigenvalue weighted by Gasteiger charge is -2.30. The second-order valence-corrected chi connectivity index (χ2v) is 8.79. The zero-order valence-corrected chi connectivity index (χ0v) is 17.1. The van der Waals surface area contributed by atoms with Crippen LogP contribution in [0.3, 0.4) is 0 Å². The van der Waals surface area contributed by atoms with Gasteiger partial charge in [-0.3, -0.25) is 24.6 Å². The Kier molecular flexibility index (Phi) is 4.29. The molecule has 3 amide bonds. The minimum absolute atomic E-state index is 0.100. The lowest BCUT2D eigenvalue weighted by atomic mass is 9.76. The molecule has 30 heavy (non-hydrogen) atoms. The average Bonchev–Trinajstić information content (AvgIpc) is 3.33. The van der Waals surface area contributed by atoms with Crippen LogP contribution in [-0.2, 0) is 26.3 Å². The van der Waals surface area contributed by atoms with Crippen molar-refractivity contribution in [1.29, 1.82) is 0 Å². The molecular formula is C24H25N3O3. The first-order valence-corrected chi connectivity index (χ1v) is 10.5. The maximum atomic E-state index is 13.6. The summed E-state index contributed by atoms with van der Waals surface area (Å²) in [6.07, 6.45) is 0.604. The van der Waals surface area contributed by atoms with E-state index in [0.717, 1.165) is 11.1 Å². The van der Waals surface area contributed by atoms with Gasteiger partial charge in [0.05, 0.1) is 11.8 Å². The van der Waals surface area contributed by atoms with E-state index in [-0.39, 0.29) is 29.7 Å². The average molecular weight is 403 g/mol. The van der Waals surface area contributed by atoms with Crippen LogP contribution in [0.25, 0.3) is 0 Å². The number of carbonyl (C=O) groups is 3. The molecule has 2 saturated heterocycles. The van der Waals surface area contributed by atoms with Crippen molar-refractivity contribution in [3.05, 3.63) is 65.7 Å². The molecular weight excluding hydrogens is 378 g/mol. The second kappa shape index (κ2) is 6.77. The first-order chi connectivity index (χ1) is 14.4. The SMILES string of the molecule is CC(C)[C@@H]1N[C@@]2(C(=O)Nc3ccccc32)[C@@H]2C(=O)N(CCc3ccccc3)C(=O)[C@@H]21. The number of anilines is 1. The molecule has 3 aliphatic heterocycles. The molecule has 2 aromatic carbocycles. The zero-order chi connectivity index (χ0) is 21.0. The molecule has 0 radical (unpaired) electrons. The fourth-order valence-electron chi connectivity index (χ4n) is 5.43. The van der Waals surface area contributed by atoms with Crippen LogP contribution in [0.2, 0.25) is 0 Å². The van der Waals surface area contributed by atoms with Gasteiger partial charge in [0.15, 0.2) is 0 Å². The highest BCUT2D eigenvalue weighted by atomic mass is 16.2. The number of amides is 3. The topological polar surface area (TPSA) is 78.5 Å². The Morgan fingerprint density at radius 2 is 1.67 bits per heavy atom. The predicted octanol–water partition coefficient (Wildman–Crippen LogP) is 2.31. The third-order valence-corrected chi connectivity index (χ3v) is 6.83. The Balaban J connectivity index is 1.54. The monoisotopic (exact) mass is 403 g/mol. The summed E-state index contributed by atoms with van der Waals surface area (Å²) >= 11 is 0. The highest BCUT2D eigenvalue weighted by Gasteiger charge is 2.70. The van der Waals surface area contributed by atoms with E-state index in [1.165, 1.54) is 4.90 Å². The number of nitrogens with one attached hydrogen (secondary N) is 2. The van der Waals surface area contributed by atoms with Gasteiger partial charge < -0.3 is 5.32 Å². The summed E-state index contributed by atoms with van der Waals surface area (Å²) in [4.78, 5) is 41.6. The van der Waals surface area contributed by atoms with Crippen molar-refractivity contribution >= 4 is 23.4 Å². The van der Waals surface area contributed by atoms with Crippen LogP contribution in [0.4, 0.5) is 5.69 Å². The van der Waals surface area contributed by atoms with Gasteiger partial charge in [-0.05, 0) is 24.0 Å². The number of hydrogen-bond donors (Lipinski definition) is 2. The predicted molar refractivity (Wildman–Crippen MR) is 112 cm³/mol. The van der Waals surface area contributed by atoms with Gasteiger partial charge in [-0.25, -0.2) is 0 Å². The summed E-state index contributed by atoms with van der Waals surface area (Å²) in [6.45, 7) is 4.38. The van der Waals surface area contributed by atoms with Crippen molar-refractivity contribution in [2.45, 2.75) is 31.8 Å². The molecule has 6 nitrogen and oxygen atoms in total. The summed E-state index contributed by atoms with van der Waals surface area (Å²) in [6, 6.07) is 17.0. The molecule has 0 bridgehead atoms. The summed E-state index contributed by atoms with van der Waals surface area (Å²) in [5.41, 5.74) is 1.36. The highest BCUT2D eigenvalue weighted by molar-refractivity contribution is 6.15. The van der Waals surface area contributed by atoms with Crippen molar-refractivity contribution in [2.24, 2.45) is 17.8 Å². The number of benzene rings is 2. The number of fused-ring (bicyclic) bond motifs is 4. The van der Waals surface area contributed by atoms with E-state index in [2.05, 4.69) is 10.6 Å². The van der Waals surface area contributed by atoms with Crippen LogP contribution in [-0.4, -0.2) is 35.2 Å². The smallest absolute Gasteiger partial charge is 0.250 e. The molecule has 2 aromatic rings. The summed E-state index contributed by atoms with van der Waals surface area (Å²) in [5, 5.41) is 6.38. The van der Waals surface area contributed by atoms with Crippen molar-refractivity contribution in [1.82, 2.24) is 10.2 Å². The quantitative estimate of drug-likeness (QED) is 0.768. The Bertz CT molecular complexity index is 1040. The number of imide groups is 1. The minimum Gasteiger partial charge on any atom is -0.324 e. The van der Waals surface area contributed by atoms with Crippen LogP contribution >= 0.6 is 0 Å². The number of carbonyl (C=O) groups excluding carboxylic acids is 3. The van der Waals surface area contributed by atoms with Crippen molar-refractivity contribution in [2.75, 3.05) is 11.9 Å². The molecule has 0 aliphatic carbocycles. The molecule has 0 aromatic heterocycles. The fraction of sp³-hybridized carbons (Fsp3) is 0.375. The lowest BCUT2D eigenvalue weighted by Crippen LogP contribution is -2.54. The molecule has 0 unspecified atom stereocenters. The van der Waals surface area contributed by atoms with Gasteiger partial charge in [-0.1, -0.05) is 62.4 Å². The van der Waals surface area contributed by atoms with Crippen LogP contribution in [0, 0.1) is 17.8 Å². The molecule has 154 valence electrons. The third-order valence-electron chi connectivity index (χ3n) is 6.83. The first-order valence-electron chi connectivity index (χ1n) is 10.5. The van der Waals surface area contributed by atoms with Gasteiger partial charge in [0.2, 0.25) is 17.7 Å². The van der Waals surface area contributed by atoms with Crippen LogP contribution in [0.5, 0.6) is 0 Å². The first kappa shape index (κ1) is 19.0. The fourth-order valence-corrected chi connectivity index (χ4v) is 5.43. The minimum atomic E-state index is -1.19. The summed E-state index contributed by atoms with van der Waals surface area (Å²) in [5.74, 6) is -1.82. The third kappa shape index (κ3) is 2.50. The number of hydrogen-bond acceptors (Lipinski definition) is 4. The van der Waals surface area contributed by atoms with E-state index in [0.29, 0.717) is 18.7 Å². The standard InChI is InChI=1S/C24H25N3O3/c1-14(2)20-18-19(24(26-20)16-10-6-7-11-17(16)25-23(24)30)22(29)27(21(18)28)13-12-15-8-4-3-5-9-15/h3-11,14,18-20,26H,12-13H2,1-2H3,(H,25,30)/t18-,19-,20-,24+/m0/s1. The molecule has 2 N–H and O–H groups in total. The van der Waals surface area contributed by atoms with Crippen molar-refractivity contribution in [3.63, 3.8) is 0 Å². The number of rotatable bonds is 4. The molecule has 2 fully saturated rings. The molecule has 5 rings (SSSR count). The Labute approximate surface area is 175 Å². The molecule has 1 spiro atoms. The molecule has 4 atom stereocenters. The van der Waals surface area contributed by atoms with Crippen LogP contribution in [0.15, 0.2) is 54.6 Å². The number of likely N-dealkylation sites (tertiary alicyclic amines) is 1. The molecule has 3 heterocycles. The maximum Gasteiger partial charge on any atom is 0.250 e. The van der Waals surface area contributed by atoms with Gasteiger partial charge >= 0.3 is 0 Å². The van der Waals surface area contributed by atoms with Gasteiger partial charge in [0.1, 0.15) is 5.54 Å². The molecule has 0 saturated carbocycles. The van der Waals surface area contributed by atoms with E-state index < -0.39 is 17.4 Å². The van der Waals surface area contributed by atoms with E-state index in [1.54, 1.807) is 0 Å². The Morgan fingerprint density at radius 1 is 0.967 bits per heavy atom. The lowest BCUT2D eigenvalue weighted by molar-refractivity contribution is -0.142. The van der Waals surface area contributed by atoms with Gasteiger partial charge in [0, 0.05) is 23.8 Å². The van der Waals surface area contributed by atoms with Gasteiger partial charge in [-0.15, -0.1) is 0 Å².